The molecule has 2 N–H and O–H groups in total. The van der Waals surface area contributed by atoms with E-state index in [0.717, 1.165) is 25.4 Å². The fraction of sp³-hybridized carbons (Fsp3) is 0.923. The van der Waals surface area contributed by atoms with Gasteiger partial charge >= 0.3 is 0 Å². The summed E-state index contributed by atoms with van der Waals surface area (Å²) in [4.78, 5) is 11.7. The summed E-state index contributed by atoms with van der Waals surface area (Å²) >= 11 is 0. The van der Waals surface area contributed by atoms with Gasteiger partial charge in [-0.1, -0.05) is 27.2 Å². The van der Waals surface area contributed by atoms with E-state index in [9.17, 15) is 4.79 Å². The van der Waals surface area contributed by atoms with Gasteiger partial charge in [-0.05, 0) is 31.7 Å². The molecular weight excluding hydrogens is 200 g/mol. The quantitative estimate of drug-likeness (QED) is 0.752. The minimum absolute atomic E-state index is 0.142. The van der Waals surface area contributed by atoms with E-state index in [2.05, 4.69) is 24.5 Å². The van der Waals surface area contributed by atoms with Gasteiger partial charge in [-0.15, -0.1) is 0 Å². The Morgan fingerprint density at radius 3 is 2.88 bits per heavy atom. The van der Waals surface area contributed by atoms with E-state index in [1.165, 1.54) is 19.3 Å². The van der Waals surface area contributed by atoms with Gasteiger partial charge in [0.05, 0.1) is 0 Å². The zero-order valence-electron chi connectivity index (χ0n) is 10.9. The molecule has 3 atom stereocenters. The molecule has 0 aliphatic carbocycles. The third-order valence-corrected chi connectivity index (χ3v) is 3.81. The topological polar surface area (TPSA) is 41.1 Å². The van der Waals surface area contributed by atoms with Crippen LogP contribution in [-0.2, 0) is 4.79 Å². The molecule has 1 fully saturated rings. The van der Waals surface area contributed by atoms with Gasteiger partial charge in [0.1, 0.15) is 0 Å². The molecule has 94 valence electrons. The molecule has 1 amide bonds. The molecule has 3 unspecified atom stereocenters. The summed E-state index contributed by atoms with van der Waals surface area (Å²) in [7, 11) is 0. The number of carbonyl (C=O) groups is 1. The monoisotopic (exact) mass is 226 g/mol. The van der Waals surface area contributed by atoms with Crippen molar-refractivity contribution in [2.75, 3.05) is 13.1 Å². The number of amides is 1. The predicted molar refractivity (Wildman–Crippen MR) is 67.3 cm³/mol. The van der Waals surface area contributed by atoms with E-state index in [4.69, 9.17) is 0 Å². The fourth-order valence-corrected chi connectivity index (χ4v) is 2.32. The molecule has 1 heterocycles. The van der Waals surface area contributed by atoms with Gasteiger partial charge in [0.2, 0.25) is 5.91 Å². The molecule has 16 heavy (non-hydrogen) atoms. The van der Waals surface area contributed by atoms with E-state index >= 15 is 0 Å². The third-order valence-electron chi connectivity index (χ3n) is 3.81. The number of rotatable bonds is 5. The Morgan fingerprint density at radius 2 is 2.25 bits per heavy atom. The summed E-state index contributed by atoms with van der Waals surface area (Å²) in [5.74, 6) is 1.07. The van der Waals surface area contributed by atoms with Crippen LogP contribution in [0.25, 0.3) is 0 Å². The number of carbonyl (C=O) groups excluding carboxylic acids is 1. The zero-order chi connectivity index (χ0) is 12.0. The maximum atomic E-state index is 11.7. The second-order valence-electron chi connectivity index (χ2n) is 4.93. The van der Waals surface area contributed by atoms with Crippen molar-refractivity contribution in [1.29, 1.82) is 0 Å². The molecule has 0 spiro atoms. The normalized spacial score (nSPS) is 27.4. The third kappa shape index (κ3) is 3.78. The van der Waals surface area contributed by atoms with Gasteiger partial charge in [0.15, 0.2) is 0 Å². The highest BCUT2D eigenvalue weighted by atomic mass is 16.1. The average molecular weight is 226 g/mol. The van der Waals surface area contributed by atoms with Gasteiger partial charge in [-0.2, -0.15) is 0 Å². The van der Waals surface area contributed by atoms with Crippen molar-refractivity contribution in [2.45, 2.75) is 52.5 Å². The molecule has 1 aliphatic heterocycles. The first-order valence-corrected chi connectivity index (χ1v) is 6.70. The molecule has 0 aromatic rings. The van der Waals surface area contributed by atoms with Crippen molar-refractivity contribution in [2.24, 2.45) is 11.8 Å². The van der Waals surface area contributed by atoms with E-state index in [1.807, 2.05) is 6.92 Å². The van der Waals surface area contributed by atoms with Crippen molar-refractivity contribution in [1.82, 2.24) is 10.6 Å². The molecule has 0 radical (unpaired) electrons. The molecule has 0 saturated carbocycles. The summed E-state index contributed by atoms with van der Waals surface area (Å²) in [6, 6.07) is 0.478. The number of nitrogens with one attached hydrogen (secondary N) is 2. The second kappa shape index (κ2) is 6.89. The molecule has 0 aromatic carbocycles. The Kier molecular flexibility index (Phi) is 5.81. The Balaban J connectivity index is 2.32. The fourth-order valence-electron chi connectivity index (χ4n) is 2.32. The van der Waals surface area contributed by atoms with Crippen LogP contribution < -0.4 is 10.6 Å². The molecule has 1 saturated heterocycles. The van der Waals surface area contributed by atoms with Crippen LogP contribution in [0.2, 0.25) is 0 Å². The van der Waals surface area contributed by atoms with E-state index in [0.29, 0.717) is 6.04 Å². The van der Waals surface area contributed by atoms with Crippen LogP contribution in [0.3, 0.4) is 0 Å². The average Bonchev–Trinajstić information content (AvgIpc) is 2.35. The molecule has 3 heteroatoms. The Labute approximate surface area is 99.4 Å². The Hall–Kier alpha value is -0.570. The molecule has 1 aliphatic rings. The number of piperidine rings is 1. The highest BCUT2D eigenvalue weighted by Crippen LogP contribution is 2.19. The lowest BCUT2D eigenvalue weighted by Crippen LogP contribution is -2.49. The zero-order valence-corrected chi connectivity index (χ0v) is 10.9. The van der Waals surface area contributed by atoms with Gasteiger partial charge in [0.25, 0.3) is 0 Å². The molecule has 0 aromatic heterocycles. The summed E-state index contributed by atoms with van der Waals surface area (Å²) in [5.41, 5.74) is 0. The van der Waals surface area contributed by atoms with Gasteiger partial charge in [0, 0.05) is 18.5 Å². The first-order valence-electron chi connectivity index (χ1n) is 6.70. The lowest BCUT2D eigenvalue weighted by atomic mass is 9.88. The smallest absolute Gasteiger partial charge is 0.222 e. The second-order valence-corrected chi connectivity index (χ2v) is 4.93. The van der Waals surface area contributed by atoms with Crippen molar-refractivity contribution in [3.8, 4) is 0 Å². The molecule has 0 bridgehead atoms. The molecule has 3 nitrogen and oxygen atoms in total. The van der Waals surface area contributed by atoms with Gasteiger partial charge in [-0.25, -0.2) is 0 Å². The van der Waals surface area contributed by atoms with Gasteiger partial charge < -0.3 is 10.6 Å². The lowest BCUT2D eigenvalue weighted by molar-refractivity contribution is -0.124. The van der Waals surface area contributed by atoms with Crippen LogP contribution in [0, 0.1) is 11.8 Å². The minimum Gasteiger partial charge on any atom is -0.354 e. The van der Waals surface area contributed by atoms with Crippen LogP contribution in [0.5, 0.6) is 0 Å². The van der Waals surface area contributed by atoms with Crippen LogP contribution in [0.1, 0.15) is 46.5 Å². The minimum atomic E-state index is 0.142. The van der Waals surface area contributed by atoms with Crippen molar-refractivity contribution in [3.63, 3.8) is 0 Å². The van der Waals surface area contributed by atoms with E-state index < -0.39 is 0 Å². The van der Waals surface area contributed by atoms with Crippen LogP contribution in [0.15, 0.2) is 0 Å². The lowest BCUT2D eigenvalue weighted by Gasteiger charge is -2.32. The van der Waals surface area contributed by atoms with Gasteiger partial charge in [-0.3, -0.25) is 4.79 Å². The first-order chi connectivity index (χ1) is 7.69. The van der Waals surface area contributed by atoms with E-state index in [1.54, 1.807) is 0 Å². The number of hydrogen-bond acceptors (Lipinski definition) is 2. The van der Waals surface area contributed by atoms with Crippen molar-refractivity contribution >= 4 is 5.91 Å². The summed E-state index contributed by atoms with van der Waals surface area (Å²) in [6.07, 6.45) is 4.69. The number of hydrogen-bond donors (Lipinski definition) is 2. The molecule has 1 rings (SSSR count). The molecular formula is C13H26N2O. The predicted octanol–water partition coefficient (Wildman–Crippen LogP) is 1.93. The maximum Gasteiger partial charge on any atom is 0.222 e. The summed E-state index contributed by atoms with van der Waals surface area (Å²) in [5, 5.41) is 6.58. The van der Waals surface area contributed by atoms with Crippen LogP contribution in [-0.4, -0.2) is 25.0 Å². The van der Waals surface area contributed by atoms with Crippen LogP contribution >= 0.6 is 0 Å². The Bertz CT molecular complexity index is 218. The van der Waals surface area contributed by atoms with Crippen molar-refractivity contribution in [3.05, 3.63) is 0 Å². The van der Waals surface area contributed by atoms with Crippen LogP contribution in [0.4, 0.5) is 0 Å². The maximum absolute atomic E-state index is 11.7. The van der Waals surface area contributed by atoms with Crippen molar-refractivity contribution < 1.29 is 4.79 Å². The van der Waals surface area contributed by atoms with E-state index in [-0.39, 0.29) is 11.8 Å². The summed E-state index contributed by atoms with van der Waals surface area (Å²) in [6.45, 7) is 8.17. The standard InChI is InChI=1S/C13H26N2O/c1-4-10(3)13(16)15-9-12-11(5-2)7-6-8-14-12/h10-12,14H,4-9H2,1-3H3,(H,15,16). The SMILES string of the molecule is CCC(C)C(=O)NCC1NCCCC1CC. The highest BCUT2D eigenvalue weighted by molar-refractivity contribution is 5.78. The largest absolute Gasteiger partial charge is 0.354 e. The first kappa shape index (κ1) is 13.5. The highest BCUT2D eigenvalue weighted by Gasteiger charge is 2.23. The summed E-state index contributed by atoms with van der Waals surface area (Å²) < 4.78 is 0. The Morgan fingerprint density at radius 1 is 1.50 bits per heavy atom.